The molecule has 2 heterocycles. The lowest BCUT2D eigenvalue weighted by Gasteiger charge is -2.10. The smallest absolute Gasteiger partial charge is 0.251 e. The van der Waals surface area contributed by atoms with E-state index in [1.807, 2.05) is 6.92 Å². The van der Waals surface area contributed by atoms with E-state index in [-0.39, 0.29) is 12.0 Å². The normalized spacial score (nSPS) is 19.7. The quantitative estimate of drug-likeness (QED) is 0.835. The van der Waals surface area contributed by atoms with Crippen molar-refractivity contribution in [2.75, 3.05) is 13.2 Å². The number of hydrogen-bond donors (Lipinski definition) is 1. The Morgan fingerprint density at radius 2 is 2.56 bits per heavy atom. The predicted octanol–water partition coefficient (Wildman–Crippen LogP) is 1.30. The standard InChI is InChI=1S/C12H16N2O2/c1-9-7-10(4-5-13-9)12(15)14-8-11-3-2-6-16-11/h4-5,7,11H,2-3,6,8H2,1H3,(H,14,15). The first-order valence-electron chi connectivity index (χ1n) is 5.58. The van der Waals surface area contributed by atoms with E-state index in [0.717, 1.165) is 25.1 Å². The van der Waals surface area contributed by atoms with Crippen LogP contribution < -0.4 is 5.32 Å². The van der Waals surface area contributed by atoms with Gasteiger partial charge in [-0.3, -0.25) is 9.78 Å². The van der Waals surface area contributed by atoms with Crippen molar-refractivity contribution in [2.45, 2.75) is 25.9 Å². The van der Waals surface area contributed by atoms with E-state index in [2.05, 4.69) is 10.3 Å². The minimum atomic E-state index is -0.0546. The third-order valence-corrected chi connectivity index (χ3v) is 2.67. The molecule has 1 aliphatic rings. The van der Waals surface area contributed by atoms with Crippen LogP contribution in [0.5, 0.6) is 0 Å². The van der Waals surface area contributed by atoms with Crippen molar-refractivity contribution in [2.24, 2.45) is 0 Å². The molecule has 1 amide bonds. The predicted molar refractivity (Wildman–Crippen MR) is 60.3 cm³/mol. The number of ether oxygens (including phenoxy) is 1. The average Bonchev–Trinajstić information content (AvgIpc) is 2.78. The van der Waals surface area contributed by atoms with Crippen LogP contribution in [-0.2, 0) is 4.74 Å². The van der Waals surface area contributed by atoms with Crippen molar-refractivity contribution in [1.82, 2.24) is 10.3 Å². The van der Waals surface area contributed by atoms with Gasteiger partial charge in [0, 0.05) is 30.6 Å². The van der Waals surface area contributed by atoms with Crippen molar-refractivity contribution < 1.29 is 9.53 Å². The van der Waals surface area contributed by atoms with Crippen LogP contribution >= 0.6 is 0 Å². The highest BCUT2D eigenvalue weighted by molar-refractivity contribution is 5.94. The van der Waals surface area contributed by atoms with Crippen molar-refractivity contribution in [1.29, 1.82) is 0 Å². The van der Waals surface area contributed by atoms with Crippen molar-refractivity contribution in [3.8, 4) is 0 Å². The van der Waals surface area contributed by atoms with E-state index in [9.17, 15) is 4.79 Å². The van der Waals surface area contributed by atoms with E-state index in [0.29, 0.717) is 12.1 Å². The molecule has 0 aliphatic carbocycles. The molecule has 0 spiro atoms. The van der Waals surface area contributed by atoms with E-state index < -0.39 is 0 Å². The number of carbonyl (C=O) groups excluding carboxylic acids is 1. The molecule has 1 fully saturated rings. The van der Waals surface area contributed by atoms with Gasteiger partial charge in [-0.25, -0.2) is 0 Å². The highest BCUT2D eigenvalue weighted by Crippen LogP contribution is 2.10. The Balaban J connectivity index is 1.87. The summed E-state index contributed by atoms with van der Waals surface area (Å²) in [5, 5.41) is 2.88. The van der Waals surface area contributed by atoms with Gasteiger partial charge in [-0.2, -0.15) is 0 Å². The molecule has 4 nitrogen and oxygen atoms in total. The Morgan fingerprint density at radius 3 is 3.25 bits per heavy atom. The van der Waals surface area contributed by atoms with E-state index in [4.69, 9.17) is 4.74 Å². The summed E-state index contributed by atoms with van der Waals surface area (Å²) < 4.78 is 5.44. The maximum absolute atomic E-state index is 11.8. The van der Waals surface area contributed by atoms with Gasteiger partial charge in [0.1, 0.15) is 0 Å². The highest BCUT2D eigenvalue weighted by Gasteiger charge is 2.16. The Kier molecular flexibility index (Phi) is 3.51. The fourth-order valence-electron chi connectivity index (χ4n) is 1.80. The molecule has 1 unspecified atom stereocenters. The highest BCUT2D eigenvalue weighted by atomic mass is 16.5. The van der Waals surface area contributed by atoms with Gasteiger partial charge in [-0.15, -0.1) is 0 Å². The molecule has 0 saturated carbocycles. The first-order valence-corrected chi connectivity index (χ1v) is 5.58. The molecule has 4 heteroatoms. The summed E-state index contributed by atoms with van der Waals surface area (Å²) in [6, 6.07) is 3.50. The first-order chi connectivity index (χ1) is 7.75. The molecule has 1 atom stereocenters. The molecule has 2 rings (SSSR count). The zero-order chi connectivity index (χ0) is 11.4. The third-order valence-electron chi connectivity index (χ3n) is 2.67. The number of aromatic nitrogens is 1. The summed E-state index contributed by atoms with van der Waals surface area (Å²) in [4.78, 5) is 15.8. The lowest BCUT2D eigenvalue weighted by atomic mass is 10.2. The second-order valence-electron chi connectivity index (χ2n) is 4.03. The third kappa shape index (κ3) is 2.79. The van der Waals surface area contributed by atoms with Crippen molar-refractivity contribution in [3.63, 3.8) is 0 Å². The zero-order valence-electron chi connectivity index (χ0n) is 9.40. The second kappa shape index (κ2) is 5.07. The number of hydrogen-bond acceptors (Lipinski definition) is 3. The molecule has 1 N–H and O–H groups in total. The minimum absolute atomic E-state index is 0.0546. The Bertz CT molecular complexity index is 373. The number of aryl methyl sites for hydroxylation is 1. The number of amides is 1. The Hall–Kier alpha value is -1.42. The molecular formula is C12H16N2O2. The summed E-state index contributed by atoms with van der Waals surface area (Å²) in [5.74, 6) is -0.0546. The van der Waals surface area contributed by atoms with Crippen LogP contribution in [-0.4, -0.2) is 30.1 Å². The van der Waals surface area contributed by atoms with Gasteiger partial charge in [-0.1, -0.05) is 0 Å². The summed E-state index contributed by atoms with van der Waals surface area (Å²) in [5.41, 5.74) is 1.51. The van der Waals surface area contributed by atoms with Crippen LogP contribution in [0.3, 0.4) is 0 Å². The van der Waals surface area contributed by atoms with E-state index in [1.165, 1.54) is 0 Å². The fourth-order valence-corrected chi connectivity index (χ4v) is 1.80. The summed E-state index contributed by atoms with van der Waals surface area (Å²) in [7, 11) is 0. The van der Waals surface area contributed by atoms with Crippen LogP contribution in [0.1, 0.15) is 28.9 Å². The van der Waals surface area contributed by atoms with Crippen LogP contribution in [0.2, 0.25) is 0 Å². The summed E-state index contributed by atoms with van der Waals surface area (Å²) in [6.45, 7) is 3.28. The van der Waals surface area contributed by atoms with Gasteiger partial charge in [0.05, 0.1) is 6.10 Å². The topological polar surface area (TPSA) is 51.2 Å². The second-order valence-corrected chi connectivity index (χ2v) is 4.03. The number of nitrogens with zero attached hydrogens (tertiary/aromatic N) is 1. The van der Waals surface area contributed by atoms with Crippen molar-refractivity contribution in [3.05, 3.63) is 29.6 Å². The molecule has 1 aromatic heterocycles. The number of carbonyl (C=O) groups is 1. The number of nitrogens with one attached hydrogen (secondary N) is 1. The molecule has 1 aromatic rings. The van der Waals surface area contributed by atoms with Crippen LogP contribution in [0.4, 0.5) is 0 Å². The summed E-state index contributed by atoms with van der Waals surface area (Å²) >= 11 is 0. The van der Waals surface area contributed by atoms with Crippen LogP contribution in [0, 0.1) is 6.92 Å². The van der Waals surface area contributed by atoms with Gasteiger partial charge in [0.15, 0.2) is 0 Å². The van der Waals surface area contributed by atoms with E-state index >= 15 is 0 Å². The molecule has 16 heavy (non-hydrogen) atoms. The lowest BCUT2D eigenvalue weighted by Crippen LogP contribution is -2.31. The average molecular weight is 220 g/mol. The summed E-state index contributed by atoms with van der Waals surface area (Å²) in [6.07, 6.45) is 3.97. The molecule has 0 aromatic carbocycles. The molecule has 0 radical (unpaired) electrons. The van der Waals surface area contributed by atoms with Gasteiger partial charge >= 0.3 is 0 Å². The maximum atomic E-state index is 11.8. The van der Waals surface area contributed by atoms with Gasteiger partial charge in [0.2, 0.25) is 0 Å². The molecule has 0 bridgehead atoms. The Labute approximate surface area is 95.0 Å². The van der Waals surface area contributed by atoms with Gasteiger partial charge < -0.3 is 10.1 Å². The Morgan fingerprint density at radius 1 is 1.69 bits per heavy atom. The maximum Gasteiger partial charge on any atom is 0.251 e. The monoisotopic (exact) mass is 220 g/mol. The van der Waals surface area contributed by atoms with Crippen LogP contribution in [0.25, 0.3) is 0 Å². The van der Waals surface area contributed by atoms with Gasteiger partial charge in [0.25, 0.3) is 5.91 Å². The van der Waals surface area contributed by atoms with Gasteiger partial charge in [-0.05, 0) is 31.9 Å². The first kappa shape index (κ1) is 11.1. The number of rotatable bonds is 3. The fraction of sp³-hybridized carbons (Fsp3) is 0.500. The zero-order valence-corrected chi connectivity index (χ0v) is 9.40. The largest absolute Gasteiger partial charge is 0.376 e. The van der Waals surface area contributed by atoms with Crippen LogP contribution in [0.15, 0.2) is 18.3 Å². The van der Waals surface area contributed by atoms with E-state index in [1.54, 1.807) is 18.3 Å². The molecule has 86 valence electrons. The molecule has 1 saturated heterocycles. The SMILES string of the molecule is Cc1cc(C(=O)NCC2CCCO2)ccn1. The molecular weight excluding hydrogens is 204 g/mol. The number of pyridine rings is 1. The lowest BCUT2D eigenvalue weighted by molar-refractivity contribution is 0.0857. The van der Waals surface area contributed by atoms with Crippen molar-refractivity contribution >= 4 is 5.91 Å². The minimum Gasteiger partial charge on any atom is -0.376 e. The molecule has 1 aliphatic heterocycles.